The molecule has 4 atom stereocenters. The molecule has 2 fully saturated rings. The summed E-state index contributed by atoms with van der Waals surface area (Å²) in [5.41, 5.74) is -3.12. The molecule has 1 aromatic carbocycles. The third kappa shape index (κ3) is 1.32. The first kappa shape index (κ1) is 9.64. The standard InChI is InChI=1S/C18H21NO4/c1-19-8-7-17-14-10-3-4-12(22-2)15(14)23-16(17)11(20)5-6-18(17,21)13(19)9-10/h3-4,13,16,21H,5-9H2,1-2H3/t13-,16?,17+,18-/m1/s1/i3D,4D,9D2,13D. The Balaban J connectivity index is 2.02. The van der Waals surface area contributed by atoms with E-state index in [0.29, 0.717) is 0 Å². The first-order valence-corrected chi connectivity index (χ1v) is 7.85. The van der Waals surface area contributed by atoms with Crippen molar-refractivity contribution in [2.45, 2.75) is 48.8 Å². The van der Waals surface area contributed by atoms with Gasteiger partial charge in [0.25, 0.3) is 0 Å². The summed E-state index contributed by atoms with van der Waals surface area (Å²) in [5.74, 6) is -0.191. The van der Waals surface area contributed by atoms with Crippen LogP contribution in [0.2, 0.25) is 0 Å². The fraction of sp³-hybridized carbons (Fsp3) is 0.611. The molecule has 2 aliphatic carbocycles. The average Bonchev–Trinajstić information content (AvgIpc) is 2.97. The highest BCUT2D eigenvalue weighted by Crippen LogP contribution is 2.64. The number of piperidine rings is 1. The molecule has 5 nitrogen and oxygen atoms in total. The topological polar surface area (TPSA) is 59.0 Å². The molecule has 5 heteroatoms. The largest absolute Gasteiger partial charge is 0.493 e. The number of hydrogen-bond donors (Lipinski definition) is 1. The van der Waals surface area contributed by atoms with Crippen molar-refractivity contribution in [2.24, 2.45) is 0 Å². The Morgan fingerprint density at radius 3 is 3.17 bits per heavy atom. The van der Waals surface area contributed by atoms with Crippen LogP contribution in [0.3, 0.4) is 0 Å². The van der Waals surface area contributed by atoms with Gasteiger partial charge in [0, 0.05) is 20.7 Å². The second kappa shape index (κ2) is 4.08. The predicted octanol–water partition coefficient (Wildman–Crippen LogP) is 1.05. The van der Waals surface area contributed by atoms with Gasteiger partial charge in [0.1, 0.15) is 0 Å². The zero-order valence-electron chi connectivity index (χ0n) is 18.0. The molecule has 1 N–H and O–H groups in total. The van der Waals surface area contributed by atoms with Gasteiger partial charge < -0.3 is 19.5 Å². The molecule has 1 saturated heterocycles. The van der Waals surface area contributed by atoms with Crippen molar-refractivity contribution >= 4 is 5.78 Å². The van der Waals surface area contributed by atoms with Crippen LogP contribution < -0.4 is 9.47 Å². The SMILES string of the molecule is [2H]c1c([2H])c2c3c(c1OC)OC1C(=O)CC[C@]4(O)[C@@]31CCN(C)[C@]4([2H])C2([2H])[2H]. The van der Waals surface area contributed by atoms with E-state index in [1.165, 1.54) is 12.0 Å². The number of likely N-dealkylation sites (tertiary alicyclic amines) is 1. The molecule has 122 valence electrons. The minimum atomic E-state index is -2.47. The number of ketones is 1. The van der Waals surface area contributed by atoms with Crippen LogP contribution in [0.15, 0.2) is 12.1 Å². The molecule has 1 unspecified atom stereocenters. The van der Waals surface area contributed by atoms with E-state index in [1.807, 2.05) is 0 Å². The molecule has 2 bridgehead atoms. The maximum Gasteiger partial charge on any atom is 0.174 e. The highest BCUT2D eigenvalue weighted by atomic mass is 16.5. The molecule has 0 radical (unpaired) electrons. The molecule has 2 aliphatic heterocycles. The summed E-state index contributed by atoms with van der Waals surface area (Å²) in [4.78, 5) is 14.3. The molecular formula is C18H21NO4. The van der Waals surface area contributed by atoms with Gasteiger partial charge >= 0.3 is 0 Å². The van der Waals surface area contributed by atoms with Gasteiger partial charge in [0.05, 0.1) is 22.2 Å². The minimum Gasteiger partial charge on any atom is -0.493 e. The van der Waals surface area contributed by atoms with Gasteiger partial charge in [-0.15, -0.1) is 0 Å². The monoisotopic (exact) mass is 320 g/mol. The number of hydrogen-bond acceptors (Lipinski definition) is 5. The minimum absolute atomic E-state index is 0.0272. The Morgan fingerprint density at radius 1 is 1.57 bits per heavy atom. The van der Waals surface area contributed by atoms with E-state index in [9.17, 15) is 11.3 Å². The molecule has 23 heavy (non-hydrogen) atoms. The van der Waals surface area contributed by atoms with Gasteiger partial charge in [-0.05, 0) is 44.4 Å². The lowest BCUT2D eigenvalue weighted by molar-refractivity contribution is -0.185. The Kier molecular flexibility index (Phi) is 1.71. The van der Waals surface area contributed by atoms with Crippen molar-refractivity contribution in [1.29, 1.82) is 0 Å². The summed E-state index contributed by atoms with van der Waals surface area (Å²) in [5, 5.41) is 12.0. The lowest BCUT2D eigenvalue weighted by Crippen LogP contribution is -2.76. The first-order chi connectivity index (χ1) is 13.0. The number of nitrogens with zero attached hydrogens (tertiary/aromatic N) is 1. The Hall–Kier alpha value is -1.59. The number of methoxy groups -OCH3 is 1. The first-order valence-electron chi connectivity index (χ1n) is 10.4. The quantitative estimate of drug-likeness (QED) is 0.838. The summed E-state index contributed by atoms with van der Waals surface area (Å²) in [6, 6.07) is -2.87. The third-order valence-electron chi connectivity index (χ3n) is 5.94. The van der Waals surface area contributed by atoms with Crippen LogP contribution in [0.25, 0.3) is 0 Å². The fourth-order valence-corrected chi connectivity index (χ4v) is 4.89. The second-order valence-electron chi connectivity index (χ2n) is 6.80. The summed E-state index contributed by atoms with van der Waals surface area (Å²) in [6.07, 6.45) is -3.35. The van der Waals surface area contributed by atoms with Gasteiger partial charge in [-0.2, -0.15) is 0 Å². The number of carbonyl (C=O) groups is 1. The van der Waals surface area contributed by atoms with Gasteiger partial charge in [-0.1, -0.05) is 6.04 Å². The van der Waals surface area contributed by atoms with Crippen molar-refractivity contribution in [1.82, 2.24) is 4.90 Å². The summed E-state index contributed by atoms with van der Waals surface area (Å²) in [7, 11) is 2.91. The van der Waals surface area contributed by atoms with Crippen LogP contribution in [0.4, 0.5) is 0 Å². The van der Waals surface area contributed by atoms with E-state index >= 15 is 0 Å². The van der Waals surface area contributed by atoms with E-state index in [2.05, 4.69) is 0 Å². The molecule has 1 aromatic rings. The molecule has 2 heterocycles. The number of rotatable bonds is 1. The Morgan fingerprint density at radius 2 is 2.39 bits per heavy atom. The number of carbonyl (C=O) groups excluding carboxylic acids is 1. The van der Waals surface area contributed by atoms with Crippen LogP contribution >= 0.6 is 0 Å². The summed E-state index contributed by atoms with van der Waals surface area (Å²) in [6.45, 7) is 0.287. The van der Waals surface area contributed by atoms with Crippen LogP contribution in [0.5, 0.6) is 11.5 Å². The Bertz CT molecular complexity index is 955. The smallest absolute Gasteiger partial charge is 0.174 e. The number of ether oxygens (including phenoxy) is 2. The number of Topliss-reactive ketones (excluding diaryl/α,β-unsaturated/α-hetero) is 1. The van der Waals surface area contributed by atoms with Gasteiger partial charge in [-0.3, -0.25) is 4.79 Å². The van der Waals surface area contributed by atoms with Gasteiger partial charge in [0.15, 0.2) is 23.4 Å². The molecule has 0 aromatic heterocycles. The maximum atomic E-state index is 12.8. The molecule has 4 aliphatic rings. The van der Waals surface area contributed by atoms with Crippen LogP contribution in [0.1, 0.15) is 37.2 Å². The molecular weight excluding hydrogens is 294 g/mol. The normalized spacial score (nSPS) is 49.1. The Labute approximate surface area is 142 Å². The van der Waals surface area contributed by atoms with Crippen LogP contribution in [0, 0.1) is 0 Å². The van der Waals surface area contributed by atoms with Gasteiger partial charge in [0.2, 0.25) is 0 Å². The van der Waals surface area contributed by atoms with E-state index in [1.54, 1.807) is 7.05 Å². The van der Waals surface area contributed by atoms with E-state index in [4.69, 9.17) is 15.0 Å². The van der Waals surface area contributed by atoms with Crippen molar-refractivity contribution < 1.29 is 26.2 Å². The number of aliphatic hydroxyl groups is 1. The fourth-order valence-electron chi connectivity index (χ4n) is 4.89. The highest BCUT2D eigenvalue weighted by Gasteiger charge is 2.72. The van der Waals surface area contributed by atoms with Crippen molar-refractivity contribution in [3.8, 4) is 11.5 Å². The number of likely N-dealkylation sites (N-methyl/N-ethyl adjacent to an activating group) is 1. The molecule has 1 spiro atoms. The number of benzene rings is 1. The van der Waals surface area contributed by atoms with Crippen LogP contribution in [-0.4, -0.2) is 54.2 Å². The van der Waals surface area contributed by atoms with Crippen molar-refractivity contribution in [3.63, 3.8) is 0 Å². The van der Waals surface area contributed by atoms with Crippen molar-refractivity contribution in [3.05, 3.63) is 23.2 Å². The summed E-state index contributed by atoms with van der Waals surface area (Å²) < 4.78 is 55.1. The van der Waals surface area contributed by atoms with E-state index in [0.717, 1.165) is 0 Å². The van der Waals surface area contributed by atoms with E-state index < -0.39 is 35.6 Å². The predicted molar refractivity (Wildman–Crippen MR) is 83.0 cm³/mol. The van der Waals surface area contributed by atoms with Crippen LogP contribution in [-0.2, 0) is 16.6 Å². The van der Waals surface area contributed by atoms with E-state index in [-0.39, 0.29) is 60.3 Å². The molecule has 1 saturated carbocycles. The lowest BCUT2D eigenvalue weighted by Gasteiger charge is -2.62. The third-order valence-corrected chi connectivity index (χ3v) is 5.94. The maximum absolute atomic E-state index is 12.8. The second-order valence-corrected chi connectivity index (χ2v) is 6.80. The average molecular weight is 320 g/mol. The zero-order valence-corrected chi connectivity index (χ0v) is 13.0. The molecule has 5 rings (SSSR count). The lowest BCUT2D eigenvalue weighted by atomic mass is 9.49. The molecule has 0 amide bonds. The zero-order chi connectivity index (χ0) is 20.4. The van der Waals surface area contributed by atoms with Crippen molar-refractivity contribution in [2.75, 3.05) is 20.7 Å². The summed E-state index contributed by atoms with van der Waals surface area (Å²) >= 11 is 0. The highest BCUT2D eigenvalue weighted by molar-refractivity contribution is 5.90. The van der Waals surface area contributed by atoms with Gasteiger partial charge in [-0.25, -0.2) is 0 Å².